The van der Waals surface area contributed by atoms with Gasteiger partial charge in [-0.1, -0.05) is 19.9 Å². The van der Waals surface area contributed by atoms with Gasteiger partial charge in [0, 0.05) is 18.2 Å². The molecule has 1 aromatic rings. The van der Waals surface area contributed by atoms with Crippen LogP contribution in [0.3, 0.4) is 0 Å². The predicted molar refractivity (Wildman–Crippen MR) is 69.2 cm³/mol. The first-order valence-corrected chi connectivity index (χ1v) is 5.87. The number of nitrogens with zero attached hydrogens (tertiary/aromatic N) is 1. The third-order valence-corrected chi connectivity index (χ3v) is 3.15. The number of non-ortho nitro benzene ring substituents is 1. The third kappa shape index (κ3) is 3.53. The minimum absolute atomic E-state index is 0.164. The van der Waals surface area contributed by atoms with Gasteiger partial charge in [-0.2, -0.15) is 0 Å². The quantitative estimate of drug-likeness (QED) is 0.631. The van der Waals surface area contributed by atoms with Gasteiger partial charge in [-0.15, -0.1) is 0 Å². The molecule has 1 rings (SSSR count). The molecule has 0 aliphatic heterocycles. The highest BCUT2D eigenvalue weighted by Gasteiger charge is 2.14. The Hall–Kier alpha value is -1.42. The molecule has 1 unspecified atom stereocenters. The molecule has 1 atom stereocenters. The molecule has 0 radical (unpaired) electrons. The number of rotatable bonds is 5. The Labute approximate surface area is 102 Å². The van der Waals surface area contributed by atoms with E-state index in [2.05, 4.69) is 19.2 Å². The van der Waals surface area contributed by atoms with Crippen LogP contribution in [-0.2, 0) is 6.42 Å². The number of benzene rings is 1. The maximum Gasteiger partial charge on any atom is 0.269 e. The Kier molecular flexibility index (Phi) is 4.63. The average molecular weight is 236 g/mol. The zero-order valence-corrected chi connectivity index (χ0v) is 10.9. The lowest BCUT2D eigenvalue weighted by molar-refractivity contribution is -0.384. The highest BCUT2D eigenvalue weighted by Crippen LogP contribution is 2.19. The van der Waals surface area contributed by atoms with Gasteiger partial charge in [0.05, 0.1) is 4.92 Å². The number of aryl methyl sites for hydroxylation is 1. The van der Waals surface area contributed by atoms with Gasteiger partial charge in [-0.25, -0.2) is 0 Å². The molecule has 0 saturated heterocycles. The van der Waals surface area contributed by atoms with E-state index in [4.69, 9.17) is 0 Å². The Balaban J connectivity index is 2.89. The number of hydrogen-bond acceptors (Lipinski definition) is 3. The minimum Gasteiger partial charge on any atom is -0.316 e. The lowest BCUT2D eigenvalue weighted by Gasteiger charge is -2.21. The van der Waals surface area contributed by atoms with E-state index in [1.807, 2.05) is 20.0 Å². The van der Waals surface area contributed by atoms with Crippen molar-refractivity contribution in [2.75, 3.05) is 7.05 Å². The van der Waals surface area contributed by atoms with Crippen molar-refractivity contribution in [2.45, 2.75) is 33.2 Å². The first-order chi connectivity index (χ1) is 7.95. The molecule has 17 heavy (non-hydrogen) atoms. The van der Waals surface area contributed by atoms with Crippen LogP contribution < -0.4 is 5.32 Å². The molecular weight excluding hydrogens is 216 g/mol. The summed E-state index contributed by atoms with van der Waals surface area (Å²) in [6.45, 7) is 6.26. The van der Waals surface area contributed by atoms with E-state index >= 15 is 0 Å². The van der Waals surface area contributed by atoms with Crippen LogP contribution in [0.1, 0.15) is 25.0 Å². The van der Waals surface area contributed by atoms with Crippen LogP contribution in [0.2, 0.25) is 0 Å². The molecule has 0 aliphatic carbocycles. The summed E-state index contributed by atoms with van der Waals surface area (Å²) in [4.78, 5) is 10.3. The van der Waals surface area contributed by atoms with E-state index < -0.39 is 0 Å². The van der Waals surface area contributed by atoms with Crippen molar-refractivity contribution in [1.82, 2.24) is 5.32 Å². The standard InChI is InChI=1S/C13H20N2O2/c1-9(2)13(14-4)8-11-5-6-12(15(16)17)7-10(11)3/h5-7,9,13-14H,8H2,1-4H3. The van der Waals surface area contributed by atoms with E-state index in [0.29, 0.717) is 12.0 Å². The van der Waals surface area contributed by atoms with Crippen LogP contribution in [0.25, 0.3) is 0 Å². The summed E-state index contributed by atoms with van der Waals surface area (Å²) in [6.07, 6.45) is 0.901. The van der Waals surface area contributed by atoms with Crippen LogP contribution in [0.5, 0.6) is 0 Å². The van der Waals surface area contributed by atoms with E-state index in [-0.39, 0.29) is 10.6 Å². The normalized spacial score (nSPS) is 12.8. The zero-order chi connectivity index (χ0) is 13.0. The van der Waals surface area contributed by atoms with Gasteiger partial charge in [-0.05, 0) is 37.4 Å². The molecule has 4 heteroatoms. The largest absolute Gasteiger partial charge is 0.316 e. The smallest absolute Gasteiger partial charge is 0.269 e. The van der Waals surface area contributed by atoms with Crippen molar-refractivity contribution in [3.05, 3.63) is 39.4 Å². The molecule has 0 spiro atoms. The molecule has 94 valence electrons. The van der Waals surface area contributed by atoms with Gasteiger partial charge in [0.25, 0.3) is 5.69 Å². The summed E-state index contributed by atoms with van der Waals surface area (Å²) in [5.41, 5.74) is 2.32. The zero-order valence-electron chi connectivity index (χ0n) is 10.9. The first kappa shape index (κ1) is 13.6. The van der Waals surface area contributed by atoms with E-state index in [9.17, 15) is 10.1 Å². The lowest BCUT2D eigenvalue weighted by atomic mass is 9.94. The van der Waals surface area contributed by atoms with Gasteiger partial charge in [0.15, 0.2) is 0 Å². The Morgan fingerprint density at radius 3 is 2.47 bits per heavy atom. The number of nitrogens with one attached hydrogen (secondary N) is 1. The summed E-state index contributed by atoms with van der Waals surface area (Å²) >= 11 is 0. The average Bonchev–Trinajstić information content (AvgIpc) is 2.26. The van der Waals surface area contributed by atoms with Gasteiger partial charge in [0.1, 0.15) is 0 Å². The Morgan fingerprint density at radius 2 is 2.06 bits per heavy atom. The molecular formula is C13H20N2O2. The number of hydrogen-bond donors (Lipinski definition) is 1. The van der Waals surface area contributed by atoms with Crippen LogP contribution in [0.15, 0.2) is 18.2 Å². The van der Waals surface area contributed by atoms with E-state index in [1.54, 1.807) is 12.1 Å². The minimum atomic E-state index is -0.352. The predicted octanol–water partition coefficient (Wildman–Crippen LogP) is 2.69. The van der Waals surface area contributed by atoms with Crippen LogP contribution in [0.4, 0.5) is 5.69 Å². The molecule has 0 amide bonds. The second-order valence-electron chi connectivity index (χ2n) is 4.71. The van der Waals surface area contributed by atoms with Crippen molar-refractivity contribution in [3.8, 4) is 0 Å². The summed E-state index contributed by atoms with van der Waals surface area (Å²) in [5, 5.41) is 13.9. The van der Waals surface area contributed by atoms with E-state index in [1.165, 1.54) is 5.56 Å². The molecule has 1 N–H and O–H groups in total. The van der Waals surface area contributed by atoms with Crippen molar-refractivity contribution in [1.29, 1.82) is 0 Å². The van der Waals surface area contributed by atoms with Gasteiger partial charge in [-0.3, -0.25) is 10.1 Å². The maximum absolute atomic E-state index is 10.6. The van der Waals surface area contributed by atoms with E-state index in [0.717, 1.165) is 12.0 Å². The second-order valence-corrected chi connectivity index (χ2v) is 4.71. The van der Waals surface area contributed by atoms with Crippen molar-refractivity contribution < 1.29 is 4.92 Å². The highest BCUT2D eigenvalue weighted by molar-refractivity contribution is 5.39. The Morgan fingerprint density at radius 1 is 1.41 bits per heavy atom. The summed E-state index contributed by atoms with van der Waals surface area (Å²) < 4.78 is 0. The summed E-state index contributed by atoms with van der Waals surface area (Å²) in [7, 11) is 1.95. The topological polar surface area (TPSA) is 55.2 Å². The maximum atomic E-state index is 10.6. The second kappa shape index (κ2) is 5.77. The fraction of sp³-hybridized carbons (Fsp3) is 0.538. The van der Waals surface area contributed by atoms with Crippen LogP contribution in [0, 0.1) is 23.0 Å². The molecule has 0 saturated carbocycles. The lowest BCUT2D eigenvalue weighted by Crippen LogP contribution is -2.32. The number of likely N-dealkylation sites (N-methyl/N-ethyl adjacent to an activating group) is 1. The molecule has 0 aliphatic rings. The Bertz CT molecular complexity index is 402. The van der Waals surface area contributed by atoms with Crippen molar-refractivity contribution >= 4 is 5.69 Å². The molecule has 0 bridgehead atoms. The molecule has 4 nitrogen and oxygen atoms in total. The fourth-order valence-electron chi connectivity index (χ4n) is 1.93. The molecule has 0 aromatic heterocycles. The van der Waals surface area contributed by atoms with Gasteiger partial charge >= 0.3 is 0 Å². The number of nitro benzene ring substituents is 1. The molecule has 0 fully saturated rings. The van der Waals surface area contributed by atoms with Crippen molar-refractivity contribution in [2.24, 2.45) is 5.92 Å². The van der Waals surface area contributed by atoms with Crippen LogP contribution in [-0.4, -0.2) is 18.0 Å². The fourth-order valence-corrected chi connectivity index (χ4v) is 1.93. The third-order valence-electron chi connectivity index (χ3n) is 3.15. The van der Waals surface area contributed by atoms with Crippen molar-refractivity contribution in [3.63, 3.8) is 0 Å². The monoisotopic (exact) mass is 236 g/mol. The summed E-state index contributed by atoms with van der Waals surface area (Å²) in [5.74, 6) is 0.537. The highest BCUT2D eigenvalue weighted by atomic mass is 16.6. The van der Waals surface area contributed by atoms with Crippen LogP contribution >= 0.6 is 0 Å². The van der Waals surface area contributed by atoms with Gasteiger partial charge in [0.2, 0.25) is 0 Å². The molecule has 1 aromatic carbocycles. The molecule has 0 heterocycles. The summed E-state index contributed by atoms with van der Waals surface area (Å²) in [6, 6.07) is 5.48. The van der Waals surface area contributed by atoms with Gasteiger partial charge < -0.3 is 5.32 Å². The number of nitro groups is 1. The first-order valence-electron chi connectivity index (χ1n) is 5.87. The SMILES string of the molecule is CNC(Cc1ccc([N+](=O)[O-])cc1C)C(C)C.